The molecule has 0 aliphatic carbocycles. The van der Waals surface area contributed by atoms with E-state index < -0.39 is 0 Å². The molecule has 1 unspecified atom stereocenters. The van der Waals surface area contributed by atoms with Gasteiger partial charge in [0.2, 0.25) is 0 Å². The highest BCUT2D eigenvalue weighted by Gasteiger charge is 2.42. The van der Waals surface area contributed by atoms with Crippen LogP contribution in [0.5, 0.6) is 0 Å². The summed E-state index contributed by atoms with van der Waals surface area (Å²) in [6.07, 6.45) is 6.39. The Morgan fingerprint density at radius 2 is 2.00 bits per heavy atom. The van der Waals surface area contributed by atoms with Crippen molar-refractivity contribution >= 4 is 15.9 Å². The number of furan rings is 1. The van der Waals surface area contributed by atoms with Crippen molar-refractivity contribution in [3.8, 4) is 0 Å². The first kappa shape index (κ1) is 14.1. The zero-order chi connectivity index (χ0) is 13.2. The van der Waals surface area contributed by atoms with Gasteiger partial charge in [0.25, 0.3) is 0 Å². The summed E-state index contributed by atoms with van der Waals surface area (Å²) in [5.41, 5.74) is 6.58. The van der Waals surface area contributed by atoms with Gasteiger partial charge in [-0.05, 0) is 60.8 Å². The number of hydrogen-bond donors (Lipinski definition) is 1. The van der Waals surface area contributed by atoms with Crippen molar-refractivity contribution < 1.29 is 4.42 Å². The maximum Gasteiger partial charge on any atom is 0.136 e. The van der Waals surface area contributed by atoms with Crippen molar-refractivity contribution in [2.24, 2.45) is 5.73 Å². The molecule has 1 atom stereocenters. The van der Waals surface area contributed by atoms with E-state index in [1.807, 2.05) is 6.07 Å². The molecule has 2 N–H and O–H groups in total. The molecule has 0 bridgehead atoms. The van der Waals surface area contributed by atoms with E-state index in [4.69, 9.17) is 10.2 Å². The number of nitrogens with zero attached hydrogens (tertiary/aromatic N) is 1. The molecule has 0 spiro atoms. The van der Waals surface area contributed by atoms with Crippen molar-refractivity contribution in [3.05, 3.63) is 22.6 Å². The van der Waals surface area contributed by atoms with Gasteiger partial charge in [0.1, 0.15) is 5.76 Å². The third-order valence-electron chi connectivity index (χ3n) is 4.47. The van der Waals surface area contributed by atoms with Crippen LogP contribution >= 0.6 is 15.9 Å². The van der Waals surface area contributed by atoms with E-state index in [1.54, 1.807) is 6.26 Å². The van der Waals surface area contributed by atoms with Crippen LogP contribution in [0.25, 0.3) is 0 Å². The Morgan fingerprint density at radius 3 is 2.44 bits per heavy atom. The lowest BCUT2D eigenvalue weighted by Crippen LogP contribution is -2.53. The van der Waals surface area contributed by atoms with Crippen LogP contribution in [-0.4, -0.2) is 23.5 Å². The summed E-state index contributed by atoms with van der Waals surface area (Å²) in [6.45, 7) is 6.79. The fourth-order valence-corrected chi connectivity index (χ4v) is 3.72. The minimum absolute atomic E-state index is 0.0247. The minimum atomic E-state index is -0.0741. The van der Waals surface area contributed by atoms with Crippen molar-refractivity contribution in [1.29, 1.82) is 0 Å². The molecule has 102 valence electrons. The van der Waals surface area contributed by atoms with Gasteiger partial charge in [-0.1, -0.05) is 13.8 Å². The molecule has 0 amide bonds. The summed E-state index contributed by atoms with van der Waals surface area (Å²) in [7, 11) is 0. The van der Waals surface area contributed by atoms with Gasteiger partial charge >= 0.3 is 0 Å². The Labute approximate surface area is 118 Å². The molecule has 1 aliphatic heterocycles. The number of likely N-dealkylation sites (tertiary alicyclic amines) is 1. The molecule has 0 saturated carbocycles. The Kier molecular flexibility index (Phi) is 4.51. The zero-order valence-corrected chi connectivity index (χ0v) is 12.9. The first-order valence-corrected chi connectivity index (χ1v) is 7.68. The molecular weight excluding hydrogens is 292 g/mol. The lowest BCUT2D eigenvalue weighted by molar-refractivity contribution is 0.0684. The van der Waals surface area contributed by atoms with Crippen LogP contribution in [0.1, 0.15) is 51.3 Å². The first-order valence-electron chi connectivity index (χ1n) is 6.89. The van der Waals surface area contributed by atoms with Gasteiger partial charge in [-0.25, -0.2) is 0 Å². The molecule has 0 aromatic carbocycles. The molecule has 1 fully saturated rings. The summed E-state index contributed by atoms with van der Waals surface area (Å²) < 4.78 is 6.58. The van der Waals surface area contributed by atoms with Crippen molar-refractivity contribution in [1.82, 2.24) is 4.90 Å². The molecule has 0 radical (unpaired) electrons. The van der Waals surface area contributed by atoms with E-state index in [-0.39, 0.29) is 11.6 Å². The molecule has 1 aliphatic rings. The first-order chi connectivity index (χ1) is 8.65. The summed E-state index contributed by atoms with van der Waals surface area (Å²) in [5, 5.41) is 0. The molecule has 18 heavy (non-hydrogen) atoms. The molecule has 1 aromatic heterocycles. The van der Waals surface area contributed by atoms with Crippen molar-refractivity contribution in [2.45, 2.75) is 51.1 Å². The molecule has 4 heteroatoms. The average Bonchev–Trinajstić information content (AvgIpc) is 3.02. The SMILES string of the molecule is CCC(CC)(C(N)c1occc1Br)N1CCCC1. The highest BCUT2D eigenvalue weighted by atomic mass is 79.9. The van der Waals surface area contributed by atoms with Crippen LogP contribution in [0.3, 0.4) is 0 Å². The number of nitrogens with two attached hydrogens (primary N) is 1. The monoisotopic (exact) mass is 314 g/mol. The van der Waals surface area contributed by atoms with E-state index >= 15 is 0 Å². The number of halogens is 1. The summed E-state index contributed by atoms with van der Waals surface area (Å²) in [5.74, 6) is 0.880. The zero-order valence-electron chi connectivity index (χ0n) is 11.3. The Balaban J connectivity index is 2.31. The maximum absolute atomic E-state index is 6.55. The van der Waals surface area contributed by atoms with Gasteiger partial charge in [-0.3, -0.25) is 4.90 Å². The van der Waals surface area contributed by atoms with Crippen molar-refractivity contribution in [2.75, 3.05) is 13.1 Å². The average molecular weight is 315 g/mol. The Hall–Kier alpha value is -0.320. The van der Waals surface area contributed by atoms with Gasteiger partial charge in [0.15, 0.2) is 0 Å². The summed E-state index contributed by atoms with van der Waals surface area (Å²) in [4.78, 5) is 2.56. The fourth-order valence-electron chi connectivity index (χ4n) is 3.27. The Morgan fingerprint density at radius 1 is 1.39 bits per heavy atom. The standard InChI is InChI=1S/C14H23BrN2O/c1-3-14(4-2,17-8-5-6-9-17)13(16)12-11(15)7-10-18-12/h7,10,13H,3-6,8-9,16H2,1-2H3. The predicted molar refractivity (Wildman–Crippen MR) is 77.5 cm³/mol. The van der Waals surface area contributed by atoms with E-state index in [0.29, 0.717) is 0 Å². The lowest BCUT2D eigenvalue weighted by Gasteiger charge is -2.44. The third-order valence-corrected chi connectivity index (χ3v) is 5.12. The highest BCUT2D eigenvalue weighted by molar-refractivity contribution is 9.10. The normalized spacial score (nSPS) is 19.3. The smallest absolute Gasteiger partial charge is 0.136 e. The second-order valence-electron chi connectivity index (χ2n) is 5.12. The van der Waals surface area contributed by atoms with E-state index in [2.05, 4.69) is 34.7 Å². The largest absolute Gasteiger partial charge is 0.466 e. The summed E-state index contributed by atoms with van der Waals surface area (Å²) >= 11 is 3.53. The topological polar surface area (TPSA) is 42.4 Å². The van der Waals surface area contributed by atoms with Crippen LogP contribution in [0.2, 0.25) is 0 Å². The molecule has 2 rings (SSSR count). The van der Waals surface area contributed by atoms with E-state index in [9.17, 15) is 0 Å². The third kappa shape index (κ3) is 2.26. The Bertz CT molecular complexity index is 381. The van der Waals surface area contributed by atoms with Crippen LogP contribution in [0.4, 0.5) is 0 Å². The van der Waals surface area contributed by atoms with Crippen LogP contribution in [0.15, 0.2) is 21.2 Å². The van der Waals surface area contributed by atoms with Gasteiger partial charge in [-0.2, -0.15) is 0 Å². The summed E-state index contributed by atoms with van der Waals surface area (Å²) in [6, 6.07) is 1.85. The van der Waals surface area contributed by atoms with Crippen LogP contribution < -0.4 is 5.73 Å². The van der Waals surface area contributed by atoms with Gasteiger partial charge in [0, 0.05) is 5.54 Å². The van der Waals surface area contributed by atoms with E-state index in [1.165, 1.54) is 12.8 Å². The second-order valence-corrected chi connectivity index (χ2v) is 5.97. The lowest BCUT2D eigenvalue weighted by atomic mass is 9.82. The molecule has 1 aromatic rings. The van der Waals surface area contributed by atoms with Crippen LogP contribution in [0, 0.1) is 0 Å². The van der Waals surface area contributed by atoms with Crippen LogP contribution in [-0.2, 0) is 0 Å². The predicted octanol–water partition coefficient (Wildman–Crippen LogP) is 3.70. The van der Waals surface area contributed by atoms with Gasteiger partial charge in [0.05, 0.1) is 16.8 Å². The maximum atomic E-state index is 6.55. The molecule has 2 heterocycles. The second kappa shape index (κ2) is 5.76. The van der Waals surface area contributed by atoms with Crippen molar-refractivity contribution in [3.63, 3.8) is 0 Å². The number of hydrogen-bond acceptors (Lipinski definition) is 3. The molecular formula is C14H23BrN2O. The molecule has 1 saturated heterocycles. The van der Waals surface area contributed by atoms with Gasteiger partial charge in [-0.15, -0.1) is 0 Å². The van der Waals surface area contributed by atoms with E-state index in [0.717, 1.165) is 36.2 Å². The minimum Gasteiger partial charge on any atom is -0.466 e. The number of rotatable bonds is 5. The van der Waals surface area contributed by atoms with Gasteiger partial charge < -0.3 is 10.2 Å². The highest BCUT2D eigenvalue weighted by Crippen LogP contribution is 2.40. The fraction of sp³-hybridized carbons (Fsp3) is 0.714. The molecule has 3 nitrogen and oxygen atoms in total. The quantitative estimate of drug-likeness (QED) is 0.901.